The minimum atomic E-state index is 0.946. The number of aryl methyl sites for hydroxylation is 1. The van der Waals surface area contributed by atoms with Crippen LogP contribution in [0.2, 0.25) is 0 Å². The lowest BCUT2D eigenvalue weighted by atomic mass is 9.99. The Morgan fingerprint density at radius 1 is 0.682 bits per heavy atom. The Labute approximate surface area is 131 Å². The first-order chi connectivity index (χ1) is 10.8. The molecule has 0 aliphatic rings. The van der Waals surface area contributed by atoms with Gasteiger partial charge in [-0.2, -0.15) is 0 Å². The number of fused-ring (bicyclic) bond motifs is 3. The van der Waals surface area contributed by atoms with Crippen molar-refractivity contribution in [3.05, 3.63) is 72.3 Å². The van der Waals surface area contributed by atoms with Crippen molar-refractivity contribution in [1.29, 1.82) is 0 Å². The standard InChI is InChI=1S/C19H14O.C2H6/c1-13-9-11-14(12-10-13)15-6-4-8-18-19(15)16-5-2-3-7-17(16)20-18;1-2/h2-12H,1H3;1-2H3. The maximum atomic E-state index is 5.94. The van der Waals surface area contributed by atoms with Gasteiger partial charge in [-0.05, 0) is 30.2 Å². The fourth-order valence-electron chi connectivity index (χ4n) is 2.75. The van der Waals surface area contributed by atoms with E-state index in [4.69, 9.17) is 4.42 Å². The summed E-state index contributed by atoms with van der Waals surface area (Å²) in [5.74, 6) is 0. The predicted octanol–water partition coefficient (Wildman–Crippen LogP) is 6.59. The highest BCUT2D eigenvalue weighted by molar-refractivity contribution is 6.12. The number of para-hydroxylation sites is 1. The summed E-state index contributed by atoms with van der Waals surface area (Å²) in [7, 11) is 0. The number of furan rings is 1. The van der Waals surface area contributed by atoms with Gasteiger partial charge in [-0.15, -0.1) is 0 Å². The number of hydrogen-bond donors (Lipinski definition) is 0. The fourth-order valence-corrected chi connectivity index (χ4v) is 2.75. The van der Waals surface area contributed by atoms with Crippen LogP contribution in [-0.2, 0) is 0 Å². The number of rotatable bonds is 1. The second-order valence-corrected chi connectivity index (χ2v) is 5.14. The van der Waals surface area contributed by atoms with Gasteiger partial charge in [0, 0.05) is 10.8 Å². The molecule has 1 nitrogen and oxygen atoms in total. The van der Waals surface area contributed by atoms with Crippen LogP contribution < -0.4 is 0 Å². The topological polar surface area (TPSA) is 13.1 Å². The van der Waals surface area contributed by atoms with Crippen molar-refractivity contribution in [2.75, 3.05) is 0 Å². The van der Waals surface area contributed by atoms with E-state index in [-0.39, 0.29) is 0 Å². The normalized spacial score (nSPS) is 10.5. The van der Waals surface area contributed by atoms with E-state index < -0.39 is 0 Å². The van der Waals surface area contributed by atoms with Crippen LogP contribution in [0, 0.1) is 6.92 Å². The van der Waals surface area contributed by atoms with Crippen LogP contribution in [0.5, 0.6) is 0 Å². The molecule has 0 aliphatic carbocycles. The lowest BCUT2D eigenvalue weighted by molar-refractivity contribution is 0.669. The molecule has 0 spiro atoms. The zero-order valence-electron chi connectivity index (χ0n) is 13.3. The lowest BCUT2D eigenvalue weighted by Gasteiger charge is -2.04. The maximum Gasteiger partial charge on any atom is 0.136 e. The highest BCUT2D eigenvalue weighted by atomic mass is 16.3. The van der Waals surface area contributed by atoms with Gasteiger partial charge in [0.15, 0.2) is 0 Å². The van der Waals surface area contributed by atoms with E-state index >= 15 is 0 Å². The maximum absolute atomic E-state index is 5.94. The molecule has 0 unspecified atom stereocenters. The van der Waals surface area contributed by atoms with Crippen LogP contribution in [0.15, 0.2) is 71.1 Å². The third kappa shape index (κ3) is 2.39. The third-order valence-electron chi connectivity index (χ3n) is 3.77. The summed E-state index contributed by atoms with van der Waals surface area (Å²) in [5, 5.41) is 2.38. The zero-order chi connectivity index (χ0) is 15.5. The Morgan fingerprint density at radius 2 is 1.36 bits per heavy atom. The molecule has 110 valence electrons. The lowest BCUT2D eigenvalue weighted by Crippen LogP contribution is -1.80. The third-order valence-corrected chi connectivity index (χ3v) is 3.77. The smallest absolute Gasteiger partial charge is 0.136 e. The summed E-state index contributed by atoms with van der Waals surface area (Å²) < 4.78 is 5.94. The summed E-state index contributed by atoms with van der Waals surface area (Å²) in [6, 6.07) is 23.1. The van der Waals surface area contributed by atoms with Crippen LogP contribution in [0.1, 0.15) is 19.4 Å². The number of hydrogen-bond acceptors (Lipinski definition) is 1. The monoisotopic (exact) mass is 288 g/mol. The van der Waals surface area contributed by atoms with Gasteiger partial charge < -0.3 is 4.42 Å². The molecular weight excluding hydrogens is 268 g/mol. The van der Waals surface area contributed by atoms with Crippen molar-refractivity contribution in [2.24, 2.45) is 0 Å². The van der Waals surface area contributed by atoms with Gasteiger partial charge in [-0.3, -0.25) is 0 Å². The molecule has 22 heavy (non-hydrogen) atoms. The highest BCUT2D eigenvalue weighted by Crippen LogP contribution is 2.36. The second-order valence-electron chi connectivity index (χ2n) is 5.14. The molecule has 1 heteroatoms. The van der Waals surface area contributed by atoms with Crippen molar-refractivity contribution in [3.8, 4) is 11.1 Å². The SMILES string of the molecule is CC.Cc1ccc(-c2cccc3oc4ccccc4c23)cc1. The minimum Gasteiger partial charge on any atom is -0.456 e. The largest absolute Gasteiger partial charge is 0.456 e. The molecule has 0 fully saturated rings. The van der Waals surface area contributed by atoms with Gasteiger partial charge in [0.2, 0.25) is 0 Å². The molecule has 4 aromatic rings. The van der Waals surface area contributed by atoms with Crippen molar-refractivity contribution < 1.29 is 4.42 Å². The molecule has 0 amide bonds. The molecule has 1 aromatic heterocycles. The minimum absolute atomic E-state index is 0.946. The average molecular weight is 288 g/mol. The summed E-state index contributed by atoms with van der Waals surface area (Å²) in [6.45, 7) is 6.11. The Hall–Kier alpha value is -2.54. The van der Waals surface area contributed by atoms with Gasteiger partial charge in [0.25, 0.3) is 0 Å². The van der Waals surface area contributed by atoms with Gasteiger partial charge in [-0.1, -0.05) is 74.0 Å². The van der Waals surface area contributed by atoms with Gasteiger partial charge in [0.1, 0.15) is 11.2 Å². The van der Waals surface area contributed by atoms with Crippen molar-refractivity contribution in [3.63, 3.8) is 0 Å². The van der Waals surface area contributed by atoms with Crippen LogP contribution in [0.25, 0.3) is 33.1 Å². The Kier molecular flexibility index (Phi) is 3.97. The fraction of sp³-hybridized carbons (Fsp3) is 0.143. The molecule has 0 atom stereocenters. The molecule has 0 N–H and O–H groups in total. The predicted molar refractivity (Wildman–Crippen MR) is 95.2 cm³/mol. The van der Waals surface area contributed by atoms with E-state index in [0.29, 0.717) is 0 Å². The molecular formula is C21H20O. The first-order valence-corrected chi connectivity index (χ1v) is 7.80. The van der Waals surface area contributed by atoms with E-state index in [1.807, 2.05) is 32.0 Å². The molecule has 0 aliphatic heterocycles. The van der Waals surface area contributed by atoms with E-state index in [0.717, 1.165) is 11.2 Å². The van der Waals surface area contributed by atoms with E-state index in [1.54, 1.807) is 0 Å². The Morgan fingerprint density at radius 3 is 2.14 bits per heavy atom. The molecule has 0 saturated heterocycles. The first-order valence-electron chi connectivity index (χ1n) is 7.80. The number of benzene rings is 3. The van der Waals surface area contributed by atoms with Gasteiger partial charge in [0.05, 0.1) is 0 Å². The van der Waals surface area contributed by atoms with Crippen LogP contribution >= 0.6 is 0 Å². The molecule has 0 bridgehead atoms. The van der Waals surface area contributed by atoms with Crippen LogP contribution in [0.3, 0.4) is 0 Å². The summed E-state index contributed by atoms with van der Waals surface area (Å²) in [6.07, 6.45) is 0. The van der Waals surface area contributed by atoms with Crippen molar-refractivity contribution in [1.82, 2.24) is 0 Å². The van der Waals surface area contributed by atoms with Crippen molar-refractivity contribution >= 4 is 21.9 Å². The molecule has 4 rings (SSSR count). The highest BCUT2D eigenvalue weighted by Gasteiger charge is 2.11. The Bertz CT molecular complexity index is 898. The van der Waals surface area contributed by atoms with Crippen LogP contribution in [0.4, 0.5) is 0 Å². The van der Waals surface area contributed by atoms with Gasteiger partial charge >= 0.3 is 0 Å². The molecule has 0 radical (unpaired) electrons. The molecule has 1 heterocycles. The quantitative estimate of drug-likeness (QED) is 0.385. The van der Waals surface area contributed by atoms with Gasteiger partial charge in [-0.25, -0.2) is 0 Å². The summed E-state index contributed by atoms with van der Waals surface area (Å²) in [4.78, 5) is 0. The molecule has 0 saturated carbocycles. The second kappa shape index (κ2) is 6.07. The summed E-state index contributed by atoms with van der Waals surface area (Å²) in [5.41, 5.74) is 5.63. The summed E-state index contributed by atoms with van der Waals surface area (Å²) >= 11 is 0. The Balaban J connectivity index is 0.000000693. The zero-order valence-corrected chi connectivity index (χ0v) is 13.3. The van der Waals surface area contributed by atoms with E-state index in [1.165, 1.54) is 27.5 Å². The van der Waals surface area contributed by atoms with Crippen LogP contribution in [-0.4, -0.2) is 0 Å². The molecule has 3 aromatic carbocycles. The average Bonchev–Trinajstić information content (AvgIpc) is 2.96. The van der Waals surface area contributed by atoms with E-state index in [9.17, 15) is 0 Å². The van der Waals surface area contributed by atoms with Crippen molar-refractivity contribution in [2.45, 2.75) is 20.8 Å². The van der Waals surface area contributed by atoms with E-state index in [2.05, 4.69) is 55.5 Å². The first kappa shape index (κ1) is 14.4.